The Kier molecular flexibility index (Phi) is 3.71. The van der Waals surface area contributed by atoms with Gasteiger partial charge in [0.2, 0.25) is 0 Å². The predicted octanol–water partition coefficient (Wildman–Crippen LogP) is 2.95. The third-order valence-electron chi connectivity index (χ3n) is 6.22. The topological polar surface area (TPSA) is 36.7 Å². The first-order chi connectivity index (χ1) is 12.7. The molecule has 3 heterocycles. The van der Waals surface area contributed by atoms with Crippen LogP contribution in [0.25, 0.3) is 5.65 Å². The van der Waals surface area contributed by atoms with Gasteiger partial charge in [-0.15, -0.1) is 0 Å². The van der Waals surface area contributed by atoms with E-state index in [4.69, 9.17) is 5.10 Å². The van der Waals surface area contributed by atoms with Gasteiger partial charge in [0.15, 0.2) is 5.65 Å². The molecule has 5 rings (SSSR count). The van der Waals surface area contributed by atoms with Crippen LogP contribution < -0.4 is 4.90 Å². The van der Waals surface area contributed by atoms with Crippen molar-refractivity contribution in [1.82, 2.24) is 19.5 Å². The molecule has 134 valence electrons. The van der Waals surface area contributed by atoms with Crippen molar-refractivity contribution >= 4 is 11.3 Å². The van der Waals surface area contributed by atoms with E-state index in [1.165, 1.54) is 30.5 Å². The lowest BCUT2D eigenvalue weighted by molar-refractivity contribution is 0.292. The predicted molar refractivity (Wildman–Crippen MR) is 104 cm³/mol. The first-order valence-corrected chi connectivity index (χ1v) is 9.60. The molecular formula is C21H25N5. The van der Waals surface area contributed by atoms with Crippen molar-refractivity contribution in [3.8, 4) is 0 Å². The quantitative estimate of drug-likeness (QED) is 0.730. The highest BCUT2D eigenvalue weighted by Gasteiger charge is 2.42. The Morgan fingerprint density at radius 3 is 2.42 bits per heavy atom. The number of aromatic nitrogens is 3. The minimum atomic E-state index is 0.0638. The van der Waals surface area contributed by atoms with Gasteiger partial charge in [-0.25, -0.2) is 9.50 Å². The highest BCUT2D eigenvalue weighted by molar-refractivity contribution is 5.52. The van der Waals surface area contributed by atoms with Crippen LogP contribution in [-0.4, -0.2) is 52.7 Å². The SMILES string of the molecule is CN1CCN(c2ccc(C3(c4cc5ncccn5n4)CCC3)cc2)CC1. The lowest BCUT2D eigenvalue weighted by atomic mass is 9.62. The van der Waals surface area contributed by atoms with Gasteiger partial charge in [0.1, 0.15) is 0 Å². The average Bonchev–Trinajstić information content (AvgIpc) is 3.06. The number of fused-ring (bicyclic) bond motifs is 1. The smallest absolute Gasteiger partial charge is 0.155 e. The Labute approximate surface area is 154 Å². The van der Waals surface area contributed by atoms with Gasteiger partial charge in [0.05, 0.1) is 5.69 Å². The molecule has 0 N–H and O–H groups in total. The van der Waals surface area contributed by atoms with Crippen molar-refractivity contribution in [3.63, 3.8) is 0 Å². The second kappa shape index (κ2) is 6.09. The zero-order valence-electron chi connectivity index (χ0n) is 15.3. The lowest BCUT2D eigenvalue weighted by Crippen LogP contribution is -2.44. The van der Waals surface area contributed by atoms with E-state index in [2.05, 4.69) is 52.2 Å². The number of nitrogens with zero attached hydrogens (tertiary/aromatic N) is 5. The van der Waals surface area contributed by atoms with Gasteiger partial charge in [-0.1, -0.05) is 18.6 Å². The molecular weight excluding hydrogens is 322 g/mol. The molecule has 0 spiro atoms. The van der Waals surface area contributed by atoms with Gasteiger partial charge < -0.3 is 9.80 Å². The third kappa shape index (κ3) is 2.50. The Bertz CT molecular complexity index is 869. The molecule has 1 saturated heterocycles. The molecule has 0 amide bonds. The normalized spacial score (nSPS) is 20.3. The molecule has 3 aromatic rings. The molecule has 26 heavy (non-hydrogen) atoms. The molecule has 5 heteroatoms. The van der Waals surface area contributed by atoms with Crippen LogP contribution in [0.3, 0.4) is 0 Å². The first kappa shape index (κ1) is 15.8. The van der Waals surface area contributed by atoms with Crippen LogP contribution in [0, 0.1) is 0 Å². The molecule has 2 aromatic heterocycles. The van der Waals surface area contributed by atoms with Crippen LogP contribution in [0.4, 0.5) is 5.69 Å². The lowest BCUT2D eigenvalue weighted by Gasteiger charge is -2.41. The summed E-state index contributed by atoms with van der Waals surface area (Å²) in [6.45, 7) is 4.50. The summed E-state index contributed by atoms with van der Waals surface area (Å²) >= 11 is 0. The molecule has 2 aliphatic rings. The molecule has 2 fully saturated rings. The summed E-state index contributed by atoms with van der Waals surface area (Å²) in [5.41, 5.74) is 4.89. The largest absolute Gasteiger partial charge is 0.369 e. The monoisotopic (exact) mass is 347 g/mol. The van der Waals surface area contributed by atoms with Crippen molar-refractivity contribution in [2.75, 3.05) is 38.1 Å². The Morgan fingerprint density at radius 1 is 1.00 bits per heavy atom. The van der Waals surface area contributed by atoms with E-state index in [1.807, 2.05) is 23.0 Å². The molecule has 1 aliphatic heterocycles. The number of rotatable bonds is 3. The van der Waals surface area contributed by atoms with E-state index in [0.29, 0.717) is 0 Å². The highest BCUT2D eigenvalue weighted by Crippen LogP contribution is 2.48. The second-order valence-electron chi connectivity index (χ2n) is 7.72. The Hall–Kier alpha value is -2.40. The number of likely N-dealkylation sites (N-methyl/N-ethyl adjacent to an activating group) is 1. The van der Waals surface area contributed by atoms with E-state index in [1.54, 1.807) is 0 Å². The van der Waals surface area contributed by atoms with Gasteiger partial charge in [0.25, 0.3) is 0 Å². The fourth-order valence-corrected chi connectivity index (χ4v) is 4.34. The van der Waals surface area contributed by atoms with Crippen LogP contribution >= 0.6 is 0 Å². The van der Waals surface area contributed by atoms with E-state index in [9.17, 15) is 0 Å². The van der Waals surface area contributed by atoms with Crippen LogP contribution in [-0.2, 0) is 5.41 Å². The fraction of sp³-hybridized carbons (Fsp3) is 0.429. The summed E-state index contributed by atoms with van der Waals surface area (Å²) in [7, 11) is 2.20. The number of anilines is 1. The van der Waals surface area contributed by atoms with Crippen LogP contribution in [0.1, 0.15) is 30.5 Å². The minimum Gasteiger partial charge on any atom is -0.369 e. The van der Waals surface area contributed by atoms with Crippen LogP contribution in [0.2, 0.25) is 0 Å². The molecule has 1 saturated carbocycles. The maximum Gasteiger partial charge on any atom is 0.155 e. The summed E-state index contributed by atoms with van der Waals surface area (Å²) in [6, 6.07) is 13.3. The van der Waals surface area contributed by atoms with E-state index in [-0.39, 0.29) is 5.41 Å². The molecule has 1 aliphatic carbocycles. The molecule has 0 unspecified atom stereocenters. The number of piperazine rings is 1. The third-order valence-corrected chi connectivity index (χ3v) is 6.22. The van der Waals surface area contributed by atoms with Gasteiger partial charge in [-0.2, -0.15) is 5.10 Å². The van der Waals surface area contributed by atoms with Gasteiger partial charge >= 0.3 is 0 Å². The number of hydrogen-bond donors (Lipinski definition) is 0. The maximum absolute atomic E-state index is 4.84. The van der Waals surface area contributed by atoms with E-state index >= 15 is 0 Å². The summed E-state index contributed by atoms with van der Waals surface area (Å²) in [5, 5.41) is 4.84. The number of hydrogen-bond acceptors (Lipinski definition) is 4. The Morgan fingerprint density at radius 2 is 1.77 bits per heavy atom. The maximum atomic E-state index is 4.84. The van der Waals surface area contributed by atoms with Crippen molar-refractivity contribution < 1.29 is 0 Å². The van der Waals surface area contributed by atoms with Crippen LogP contribution in [0.5, 0.6) is 0 Å². The summed E-state index contributed by atoms with van der Waals surface area (Å²) in [6.07, 6.45) is 7.42. The van der Waals surface area contributed by atoms with Crippen molar-refractivity contribution in [1.29, 1.82) is 0 Å². The van der Waals surface area contributed by atoms with E-state index in [0.717, 1.165) is 37.5 Å². The zero-order chi connectivity index (χ0) is 17.6. The minimum absolute atomic E-state index is 0.0638. The van der Waals surface area contributed by atoms with Gasteiger partial charge in [-0.3, -0.25) is 0 Å². The Balaban J connectivity index is 1.45. The summed E-state index contributed by atoms with van der Waals surface area (Å²) in [5.74, 6) is 0. The zero-order valence-corrected chi connectivity index (χ0v) is 15.3. The molecule has 0 atom stereocenters. The van der Waals surface area contributed by atoms with Crippen molar-refractivity contribution in [3.05, 3.63) is 60.0 Å². The number of benzene rings is 1. The average molecular weight is 347 g/mol. The molecule has 1 aromatic carbocycles. The molecule has 0 radical (unpaired) electrons. The van der Waals surface area contributed by atoms with Crippen molar-refractivity contribution in [2.45, 2.75) is 24.7 Å². The van der Waals surface area contributed by atoms with Gasteiger partial charge in [-0.05, 0) is 43.7 Å². The second-order valence-corrected chi connectivity index (χ2v) is 7.72. The first-order valence-electron chi connectivity index (χ1n) is 9.60. The van der Waals surface area contributed by atoms with Crippen LogP contribution in [0.15, 0.2) is 48.8 Å². The standard InChI is InChI=1S/C21H25N5/c1-24-12-14-25(15-13-24)18-6-4-17(5-7-18)21(8-2-9-21)19-16-20-22-10-3-11-26(20)23-19/h3-7,10-11,16H,2,8-9,12-15H2,1H3. The fourth-order valence-electron chi connectivity index (χ4n) is 4.34. The molecule has 5 nitrogen and oxygen atoms in total. The van der Waals surface area contributed by atoms with Crippen molar-refractivity contribution in [2.24, 2.45) is 0 Å². The molecule has 0 bridgehead atoms. The summed E-state index contributed by atoms with van der Waals surface area (Å²) < 4.78 is 1.90. The highest BCUT2D eigenvalue weighted by atomic mass is 15.3. The van der Waals surface area contributed by atoms with Gasteiger partial charge in [0, 0.05) is 55.7 Å². The summed E-state index contributed by atoms with van der Waals surface area (Å²) in [4.78, 5) is 9.33. The van der Waals surface area contributed by atoms with E-state index < -0.39 is 0 Å².